The van der Waals surface area contributed by atoms with Gasteiger partial charge in [-0.25, -0.2) is 34.3 Å². The predicted molar refractivity (Wildman–Crippen MR) is 465 cm³/mol. The molecule has 115 heavy (non-hydrogen) atoms. The van der Waals surface area contributed by atoms with Crippen molar-refractivity contribution in [2.24, 2.45) is 0 Å². The summed E-state index contributed by atoms with van der Waals surface area (Å²) in [5, 5.41) is 19.9. The maximum absolute atomic E-state index is 16.7. The zero-order valence-electron chi connectivity index (χ0n) is 61.7. The third-order valence-corrected chi connectivity index (χ3v) is 21.8. The average Bonchev–Trinajstić information content (AvgIpc) is 1.59. The molecule has 0 bridgehead atoms. The van der Waals surface area contributed by atoms with Crippen LogP contribution in [0, 0.1) is 17.1 Å². The summed E-state index contributed by atoms with van der Waals surface area (Å²) >= 11 is 0. The van der Waals surface area contributed by atoms with E-state index in [1.807, 2.05) is 174 Å². The van der Waals surface area contributed by atoms with Crippen LogP contribution >= 0.6 is 0 Å². The molecule has 6 aromatic heterocycles. The van der Waals surface area contributed by atoms with Crippen LogP contribution in [0.2, 0.25) is 0 Å². The molecule has 0 saturated heterocycles. The lowest BCUT2D eigenvalue weighted by atomic mass is 10.0. The Morgan fingerprint density at radius 1 is 0.200 bits per heavy atom. The number of halogens is 1. The lowest BCUT2D eigenvalue weighted by molar-refractivity contribution is 0.621. The Bertz CT molecular complexity index is 7480. The van der Waals surface area contributed by atoms with Crippen LogP contribution in [0.1, 0.15) is 5.56 Å². The number of nitriles is 1. The van der Waals surface area contributed by atoms with E-state index in [4.69, 9.17) is 29.9 Å². The first-order valence-electron chi connectivity index (χ1n) is 38.2. The number of fused-ring (bicyclic) bond motifs is 12. The highest BCUT2D eigenvalue weighted by molar-refractivity contribution is 6.15. The van der Waals surface area contributed by atoms with Crippen LogP contribution in [0.5, 0.6) is 0 Å². The fourth-order valence-electron chi connectivity index (χ4n) is 16.5. The number of hydrogen-bond acceptors (Lipinski definition) is 7. The van der Waals surface area contributed by atoms with Crippen molar-refractivity contribution >= 4 is 87.2 Å². The quantitative estimate of drug-likeness (QED) is 0.119. The van der Waals surface area contributed by atoms with E-state index in [9.17, 15) is 5.26 Å². The molecular weight excluding hydrogens is 1410 g/mol. The van der Waals surface area contributed by atoms with Gasteiger partial charge in [-0.15, -0.1) is 0 Å². The van der Waals surface area contributed by atoms with E-state index >= 15 is 4.39 Å². The van der Waals surface area contributed by atoms with E-state index in [1.165, 1.54) is 44.2 Å². The number of nitrogens with zero attached hydrogens (tertiary/aromatic N) is 11. The van der Waals surface area contributed by atoms with Gasteiger partial charge in [-0.3, -0.25) is 0 Å². The molecular formula is C103H64FN11. The second-order valence-corrected chi connectivity index (χ2v) is 28.6. The highest BCUT2D eigenvalue weighted by Crippen LogP contribution is 2.43. The zero-order chi connectivity index (χ0) is 76.5. The number of aromatic nitrogens is 10. The molecule has 538 valence electrons. The van der Waals surface area contributed by atoms with Crippen LogP contribution in [0.3, 0.4) is 0 Å². The molecule has 0 spiro atoms. The Labute approximate surface area is 660 Å². The van der Waals surface area contributed by atoms with Crippen LogP contribution in [0.15, 0.2) is 388 Å². The minimum atomic E-state index is -0.373. The molecule has 12 heteroatoms. The van der Waals surface area contributed by atoms with Crippen molar-refractivity contribution in [1.29, 1.82) is 5.26 Å². The summed E-state index contributed by atoms with van der Waals surface area (Å²) in [7, 11) is 0. The van der Waals surface area contributed by atoms with Crippen molar-refractivity contribution in [2.75, 3.05) is 0 Å². The van der Waals surface area contributed by atoms with Crippen LogP contribution in [-0.2, 0) is 0 Å². The van der Waals surface area contributed by atoms with Gasteiger partial charge in [0.15, 0.2) is 34.9 Å². The van der Waals surface area contributed by atoms with E-state index in [1.54, 1.807) is 0 Å². The zero-order valence-corrected chi connectivity index (χ0v) is 61.7. The summed E-state index contributed by atoms with van der Waals surface area (Å²) in [6.45, 7) is 0. The molecule has 22 aromatic rings. The molecule has 16 aromatic carbocycles. The molecule has 0 aliphatic carbocycles. The van der Waals surface area contributed by atoms with E-state index in [2.05, 4.69) is 232 Å². The van der Waals surface area contributed by atoms with E-state index in [-0.39, 0.29) is 5.82 Å². The first-order chi connectivity index (χ1) is 56.9. The topological polar surface area (TPSA) is 121 Å². The molecule has 0 N–H and O–H groups in total. The molecule has 0 aliphatic rings. The smallest absolute Gasteiger partial charge is 0.164 e. The Morgan fingerprint density at radius 3 is 0.765 bits per heavy atom. The van der Waals surface area contributed by atoms with E-state index in [0.717, 1.165) is 116 Å². The molecule has 0 amide bonds. The molecule has 0 atom stereocenters. The van der Waals surface area contributed by atoms with Gasteiger partial charge in [0, 0.05) is 87.8 Å². The van der Waals surface area contributed by atoms with E-state index in [0.29, 0.717) is 51.8 Å². The van der Waals surface area contributed by atoms with Gasteiger partial charge in [-0.2, -0.15) is 5.26 Å². The van der Waals surface area contributed by atoms with Crippen molar-refractivity contribution in [3.05, 3.63) is 400 Å². The molecule has 6 heterocycles. The number of para-hydroxylation sites is 6. The summed E-state index contributed by atoms with van der Waals surface area (Å²) < 4.78 is 25.5. The number of hydrogen-bond donors (Lipinski definition) is 0. The van der Waals surface area contributed by atoms with Crippen molar-refractivity contribution in [3.8, 4) is 119 Å². The lowest BCUT2D eigenvalue weighted by Crippen LogP contribution is -2.02. The third kappa shape index (κ3) is 11.9. The summed E-state index contributed by atoms with van der Waals surface area (Å²) in [6, 6.07) is 135. The van der Waals surface area contributed by atoms with Gasteiger partial charge in [0.25, 0.3) is 0 Å². The molecule has 0 fully saturated rings. The Balaban J connectivity index is 0.000000144. The molecule has 0 radical (unpaired) electrons. The minimum Gasteiger partial charge on any atom is -0.309 e. The molecule has 0 unspecified atom stereocenters. The first kappa shape index (κ1) is 67.3. The van der Waals surface area contributed by atoms with Crippen molar-refractivity contribution in [2.45, 2.75) is 0 Å². The normalized spacial score (nSPS) is 11.5. The summed E-state index contributed by atoms with van der Waals surface area (Å²) in [5.41, 5.74) is 21.9. The molecule has 0 saturated carbocycles. The predicted octanol–water partition coefficient (Wildman–Crippen LogP) is 25.5. The summed E-state index contributed by atoms with van der Waals surface area (Å²) in [4.78, 5) is 29.1. The van der Waals surface area contributed by atoms with Gasteiger partial charge in [0.1, 0.15) is 11.9 Å². The Hall–Kier alpha value is -15.8. The Kier molecular flexibility index (Phi) is 16.5. The van der Waals surface area contributed by atoms with Crippen LogP contribution in [0.4, 0.5) is 4.39 Å². The van der Waals surface area contributed by atoms with Gasteiger partial charge in [0.05, 0.1) is 61.1 Å². The van der Waals surface area contributed by atoms with Gasteiger partial charge >= 0.3 is 0 Å². The first-order valence-corrected chi connectivity index (χ1v) is 38.2. The highest BCUT2D eigenvalue weighted by Gasteiger charge is 2.24. The fraction of sp³-hybridized carbons (Fsp3) is 0. The Morgan fingerprint density at radius 2 is 0.443 bits per heavy atom. The lowest BCUT2D eigenvalue weighted by Gasteiger charge is -2.13. The maximum Gasteiger partial charge on any atom is 0.164 e. The van der Waals surface area contributed by atoms with Gasteiger partial charge < -0.3 is 18.3 Å². The maximum atomic E-state index is 16.7. The average molecular weight is 1470 g/mol. The molecule has 11 nitrogen and oxygen atoms in total. The minimum absolute atomic E-state index is 0.373. The standard InChI is InChI=1S/C52H32N6.C51H32FN5/c53-33-39-30-38(52-55-50(34-14-4-1-5-15-34)54-51(56-52)35-16-6-2-7-17-35)26-27-45(39)58-47-23-13-11-21-42(47)44-32-37(25-29-49(44)58)36-24-28-48-43(31-36)41-20-10-12-22-46(41)57(48)40-18-8-3-9-19-40;52-43-32-37(51-54-49(33-14-4-1-5-15-33)53-50(55-51)34-16-6-2-7-17-34)26-29-48(43)57-45-23-13-11-21-40(45)42-31-36(25-28-47(42)57)35-24-27-46-41(30-35)39-20-10-12-22-44(39)56(46)38-18-8-3-9-19-38/h1-32H;1-32H. The largest absolute Gasteiger partial charge is 0.309 e. The van der Waals surface area contributed by atoms with Crippen molar-refractivity contribution < 1.29 is 4.39 Å². The van der Waals surface area contributed by atoms with Gasteiger partial charge in [-0.05, 0) is 156 Å². The SMILES string of the molecule is Fc1cc(-c2nc(-c3ccccc3)nc(-c3ccccc3)n2)ccc1-n1c2ccccc2c2cc(-c3ccc4c(c3)c3ccccc3n4-c3ccccc3)ccc21.N#Cc1cc(-c2nc(-c3ccccc3)nc(-c3ccccc3)n2)ccc1-n1c2ccccc2c2cc(-c3ccc4c(c3)c3ccccc3n4-c3ccccc3)ccc21. The van der Waals surface area contributed by atoms with Crippen LogP contribution in [-0.4, -0.2) is 48.2 Å². The van der Waals surface area contributed by atoms with Crippen LogP contribution < -0.4 is 0 Å². The summed E-state index contributed by atoms with van der Waals surface area (Å²) in [6.07, 6.45) is 0. The van der Waals surface area contributed by atoms with Crippen molar-refractivity contribution in [1.82, 2.24) is 48.2 Å². The van der Waals surface area contributed by atoms with E-state index < -0.39 is 0 Å². The second kappa shape index (κ2) is 28.2. The van der Waals surface area contributed by atoms with Crippen LogP contribution in [0.25, 0.3) is 201 Å². The van der Waals surface area contributed by atoms with Gasteiger partial charge in [0.2, 0.25) is 0 Å². The third-order valence-electron chi connectivity index (χ3n) is 21.8. The van der Waals surface area contributed by atoms with Crippen molar-refractivity contribution in [3.63, 3.8) is 0 Å². The molecule has 0 aliphatic heterocycles. The fourth-order valence-corrected chi connectivity index (χ4v) is 16.5. The van der Waals surface area contributed by atoms with Gasteiger partial charge in [-0.1, -0.05) is 255 Å². The monoisotopic (exact) mass is 1470 g/mol. The highest BCUT2D eigenvalue weighted by atomic mass is 19.1. The number of rotatable bonds is 12. The second-order valence-electron chi connectivity index (χ2n) is 28.6. The molecule has 22 rings (SSSR count). The summed E-state index contributed by atoms with van der Waals surface area (Å²) in [5.74, 6) is 2.75. The number of benzene rings is 16.